The number of aromatic nitrogens is 5. The molecule has 0 spiro atoms. The number of hydrogen-bond donors (Lipinski definition) is 1. The average molecular weight is 445 g/mol. The number of aryl methyl sites for hydroxylation is 4. The Labute approximate surface area is 188 Å². The third kappa shape index (κ3) is 3.46. The van der Waals surface area contributed by atoms with Crippen molar-refractivity contribution in [3.63, 3.8) is 0 Å². The Morgan fingerprint density at radius 3 is 2.62 bits per heavy atom. The number of carbonyl (C=O) groups excluding carboxylic acids is 1. The third-order valence-electron chi connectivity index (χ3n) is 5.15. The fourth-order valence-electron chi connectivity index (χ4n) is 3.71. The third-order valence-corrected chi connectivity index (χ3v) is 6.34. The quantitative estimate of drug-likeness (QED) is 0.418. The van der Waals surface area contributed by atoms with Gasteiger partial charge in [-0.3, -0.25) is 4.79 Å². The molecule has 0 aromatic carbocycles. The maximum absolute atomic E-state index is 13.0. The minimum atomic E-state index is -0.204. The lowest BCUT2D eigenvalue weighted by Crippen LogP contribution is -2.12. The van der Waals surface area contributed by atoms with Gasteiger partial charge in [-0.25, -0.2) is 19.6 Å². The molecule has 9 heteroatoms. The second-order valence-corrected chi connectivity index (χ2v) is 8.54. The van der Waals surface area contributed by atoms with Crippen molar-refractivity contribution in [3.8, 4) is 17.4 Å². The molecular weight excluding hydrogens is 424 g/mol. The summed E-state index contributed by atoms with van der Waals surface area (Å²) >= 11 is 1.34. The molecule has 0 radical (unpaired) electrons. The molecule has 0 unspecified atom stereocenters. The van der Waals surface area contributed by atoms with Crippen molar-refractivity contribution in [1.82, 2.24) is 24.7 Å². The molecule has 1 amide bonds. The number of rotatable bonds is 4. The number of thiophene rings is 1. The highest BCUT2D eigenvalue weighted by molar-refractivity contribution is 7.20. The fourth-order valence-corrected chi connectivity index (χ4v) is 4.83. The van der Waals surface area contributed by atoms with Gasteiger partial charge >= 0.3 is 0 Å². The first-order chi connectivity index (χ1) is 15.4. The molecule has 160 valence electrons. The molecule has 5 aromatic rings. The van der Waals surface area contributed by atoms with Gasteiger partial charge in [-0.1, -0.05) is 0 Å². The van der Waals surface area contributed by atoms with Gasteiger partial charge in [-0.2, -0.15) is 5.10 Å². The van der Waals surface area contributed by atoms with Gasteiger partial charge in [0, 0.05) is 11.1 Å². The zero-order valence-corrected chi connectivity index (χ0v) is 18.8. The second kappa shape index (κ2) is 7.69. The van der Waals surface area contributed by atoms with E-state index in [0.29, 0.717) is 28.0 Å². The number of hydrogen-bond acceptors (Lipinski definition) is 7. The van der Waals surface area contributed by atoms with Crippen LogP contribution in [0, 0.1) is 27.7 Å². The highest BCUT2D eigenvalue weighted by Gasteiger charge is 2.20. The van der Waals surface area contributed by atoms with Crippen LogP contribution in [0.2, 0.25) is 0 Å². The van der Waals surface area contributed by atoms with E-state index in [9.17, 15) is 4.79 Å². The minimum Gasteiger partial charge on any atom is -0.461 e. The summed E-state index contributed by atoms with van der Waals surface area (Å²) in [4.78, 5) is 28.0. The molecule has 1 N–H and O–H groups in total. The zero-order valence-electron chi connectivity index (χ0n) is 18.0. The van der Waals surface area contributed by atoms with Crippen LogP contribution in [0.15, 0.2) is 47.2 Å². The summed E-state index contributed by atoms with van der Waals surface area (Å²) in [5, 5.41) is 8.27. The van der Waals surface area contributed by atoms with Crippen LogP contribution in [0.1, 0.15) is 32.3 Å². The number of carbonyl (C=O) groups is 1. The topological polar surface area (TPSA) is 98.7 Å². The van der Waals surface area contributed by atoms with Gasteiger partial charge < -0.3 is 9.73 Å². The normalized spacial score (nSPS) is 11.2. The SMILES string of the molecule is Cc1cc(C)n(-c2ccc(NC(=O)c3sc4nc(-c5ccco5)nc(C)c4c3C)cn2)n1. The first kappa shape index (κ1) is 20.1. The lowest BCUT2D eigenvalue weighted by Gasteiger charge is -2.07. The molecule has 5 rings (SSSR count). The Kier molecular flexibility index (Phi) is 4.82. The summed E-state index contributed by atoms with van der Waals surface area (Å²) in [5.41, 5.74) is 4.20. The monoisotopic (exact) mass is 444 g/mol. The van der Waals surface area contributed by atoms with Gasteiger partial charge in [0.2, 0.25) is 0 Å². The smallest absolute Gasteiger partial charge is 0.266 e. The summed E-state index contributed by atoms with van der Waals surface area (Å²) < 4.78 is 7.20. The van der Waals surface area contributed by atoms with E-state index in [1.807, 2.05) is 52.0 Å². The number of nitrogens with zero attached hydrogens (tertiary/aromatic N) is 5. The van der Waals surface area contributed by atoms with Crippen molar-refractivity contribution in [2.75, 3.05) is 5.32 Å². The van der Waals surface area contributed by atoms with Crippen molar-refractivity contribution in [1.29, 1.82) is 0 Å². The Morgan fingerprint density at radius 1 is 1.12 bits per heavy atom. The first-order valence-electron chi connectivity index (χ1n) is 10.0. The molecule has 5 aromatic heterocycles. The molecule has 0 aliphatic heterocycles. The van der Waals surface area contributed by atoms with Crippen molar-refractivity contribution in [2.24, 2.45) is 0 Å². The number of amides is 1. The first-order valence-corrected chi connectivity index (χ1v) is 10.8. The summed E-state index contributed by atoms with van der Waals surface area (Å²) in [6.45, 7) is 7.75. The van der Waals surface area contributed by atoms with E-state index in [1.165, 1.54) is 11.3 Å². The number of furan rings is 1. The zero-order chi connectivity index (χ0) is 22.4. The Bertz CT molecular complexity index is 1450. The van der Waals surface area contributed by atoms with Crippen LogP contribution in [0.4, 0.5) is 5.69 Å². The predicted molar refractivity (Wildman–Crippen MR) is 123 cm³/mol. The highest BCUT2D eigenvalue weighted by Crippen LogP contribution is 2.33. The number of nitrogens with one attached hydrogen (secondary N) is 1. The Morgan fingerprint density at radius 2 is 1.97 bits per heavy atom. The maximum atomic E-state index is 13.0. The number of anilines is 1. The molecule has 0 aliphatic rings. The van der Waals surface area contributed by atoms with E-state index >= 15 is 0 Å². The van der Waals surface area contributed by atoms with Gasteiger partial charge in [0.15, 0.2) is 17.4 Å². The highest BCUT2D eigenvalue weighted by atomic mass is 32.1. The fraction of sp³-hybridized carbons (Fsp3) is 0.174. The summed E-state index contributed by atoms with van der Waals surface area (Å²) in [6, 6.07) is 9.25. The molecule has 0 atom stereocenters. The average Bonchev–Trinajstić information content (AvgIpc) is 3.48. The van der Waals surface area contributed by atoms with Crippen LogP contribution in [-0.4, -0.2) is 30.6 Å². The molecule has 32 heavy (non-hydrogen) atoms. The largest absolute Gasteiger partial charge is 0.461 e. The maximum Gasteiger partial charge on any atom is 0.266 e. The van der Waals surface area contributed by atoms with Crippen LogP contribution in [0.3, 0.4) is 0 Å². The van der Waals surface area contributed by atoms with E-state index in [2.05, 4.69) is 25.4 Å². The van der Waals surface area contributed by atoms with Gasteiger partial charge in [-0.05, 0) is 63.6 Å². The van der Waals surface area contributed by atoms with E-state index in [-0.39, 0.29) is 5.91 Å². The van der Waals surface area contributed by atoms with Crippen LogP contribution in [0.25, 0.3) is 27.6 Å². The van der Waals surface area contributed by atoms with Crippen molar-refractivity contribution in [3.05, 3.63) is 70.3 Å². The molecule has 0 fully saturated rings. The van der Waals surface area contributed by atoms with E-state index in [0.717, 1.165) is 32.9 Å². The van der Waals surface area contributed by atoms with E-state index < -0.39 is 0 Å². The minimum absolute atomic E-state index is 0.204. The molecule has 0 saturated carbocycles. The van der Waals surface area contributed by atoms with Crippen LogP contribution >= 0.6 is 11.3 Å². The Balaban J connectivity index is 1.43. The van der Waals surface area contributed by atoms with Crippen molar-refractivity contribution >= 4 is 33.1 Å². The van der Waals surface area contributed by atoms with E-state index in [1.54, 1.807) is 23.2 Å². The standard InChI is InChI=1S/C23H20N6O2S/c1-12-10-13(2)29(28-12)18-8-7-16(11-24-18)26-22(30)20-14(3)19-15(4)25-21(27-23(19)32-20)17-6-5-9-31-17/h5-11H,1-4H3,(H,26,30). The molecule has 0 aliphatic carbocycles. The van der Waals surface area contributed by atoms with E-state index in [4.69, 9.17) is 4.42 Å². The van der Waals surface area contributed by atoms with Crippen LogP contribution in [-0.2, 0) is 0 Å². The lowest BCUT2D eigenvalue weighted by atomic mass is 10.1. The van der Waals surface area contributed by atoms with Gasteiger partial charge in [-0.15, -0.1) is 11.3 Å². The lowest BCUT2D eigenvalue weighted by molar-refractivity contribution is 0.103. The molecule has 0 saturated heterocycles. The van der Waals surface area contributed by atoms with Crippen LogP contribution in [0.5, 0.6) is 0 Å². The molecular formula is C23H20N6O2S. The summed E-state index contributed by atoms with van der Waals surface area (Å²) in [6.07, 6.45) is 3.22. The molecule has 8 nitrogen and oxygen atoms in total. The Hall–Kier alpha value is -3.85. The van der Waals surface area contributed by atoms with Crippen molar-refractivity contribution in [2.45, 2.75) is 27.7 Å². The second-order valence-electron chi connectivity index (χ2n) is 7.54. The van der Waals surface area contributed by atoms with Gasteiger partial charge in [0.25, 0.3) is 5.91 Å². The van der Waals surface area contributed by atoms with Crippen LogP contribution < -0.4 is 5.32 Å². The summed E-state index contributed by atoms with van der Waals surface area (Å²) in [7, 11) is 0. The van der Waals surface area contributed by atoms with Crippen molar-refractivity contribution < 1.29 is 9.21 Å². The predicted octanol–water partition coefficient (Wildman–Crippen LogP) is 5.02. The summed E-state index contributed by atoms with van der Waals surface area (Å²) in [5.74, 6) is 1.60. The molecule has 5 heterocycles. The number of pyridine rings is 1. The molecule has 0 bridgehead atoms. The van der Waals surface area contributed by atoms with Gasteiger partial charge in [0.05, 0.1) is 34.4 Å². The number of fused-ring (bicyclic) bond motifs is 1. The van der Waals surface area contributed by atoms with Gasteiger partial charge in [0.1, 0.15) is 4.83 Å².